The molecule has 1 aromatic carbocycles. The van der Waals surface area contributed by atoms with Crippen LogP contribution in [0.4, 0.5) is 0 Å². The van der Waals surface area contributed by atoms with Gasteiger partial charge in [0.15, 0.2) is 0 Å². The van der Waals surface area contributed by atoms with Gasteiger partial charge in [0.2, 0.25) is 0 Å². The summed E-state index contributed by atoms with van der Waals surface area (Å²) in [4.78, 5) is 4.44. The zero-order valence-electron chi connectivity index (χ0n) is 12.8. The van der Waals surface area contributed by atoms with Crippen molar-refractivity contribution in [3.63, 3.8) is 0 Å². The number of nitrogens with one attached hydrogen (secondary N) is 1. The summed E-state index contributed by atoms with van der Waals surface area (Å²) in [6.45, 7) is 6.96. The van der Waals surface area contributed by atoms with Crippen LogP contribution < -0.4 is 10.1 Å². The van der Waals surface area contributed by atoms with Gasteiger partial charge in [0.1, 0.15) is 11.6 Å². The van der Waals surface area contributed by atoms with E-state index in [-0.39, 0.29) is 0 Å². The molecule has 0 unspecified atom stereocenters. The van der Waals surface area contributed by atoms with Crippen molar-refractivity contribution in [2.24, 2.45) is 5.92 Å². The highest BCUT2D eigenvalue weighted by molar-refractivity contribution is 9.10. The van der Waals surface area contributed by atoms with Gasteiger partial charge in [0, 0.05) is 16.9 Å². The predicted octanol–water partition coefficient (Wildman–Crippen LogP) is 3.45. The van der Waals surface area contributed by atoms with Crippen LogP contribution in [-0.2, 0) is 13.1 Å². The standard InChI is InChI=1S/C16H22BrN3O/c1-12(2)9-18-10-16-19-6-7-20(16)11-13-8-14(21-3)4-5-15(13)17/h4-8,12,18H,9-11H2,1-3H3. The first kappa shape index (κ1) is 16.0. The molecule has 0 radical (unpaired) electrons. The molecule has 0 atom stereocenters. The van der Waals surface area contributed by atoms with Gasteiger partial charge in [0.05, 0.1) is 20.2 Å². The highest BCUT2D eigenvalue weighted by atomic mass is 79.9. The number of aromatic nitrogens is 2. The molecular weight excluding hydrogens is 330 g/mol. The number of imidazole rings is 1. The maximum atomic E-state index is 5.29. The third-order valence-electron chi connectivity index (χ3n) is 3.23. The van der Waals surface area contributed by atoms with Gasteiger partial charge in [-0.05, 0) is 36.2 Å². The fourth-order valence-electron chi connectivity index (χ4n) is 2.11. The van der Waals surface area contributed by atoms with Crippen molar-refractivity contribution < 1.29 is 4.74 Å². The van der Waals surface area contributed by atoms with Gasteiger partial charge in [-0.25, -0.2) is 4.98 Å². The largest absolute Gasteiger partial charge is 0.497 e. The number of nitrogens with zero attached hydrogens (tertiary/aromatic N) is 2. The first-order valence-corrected chi connectivity index (χ1v) is 7.92. The van der Waals surface area contributed by atoms with Crippen molar-refractivity contribution in [1.29, 1.82) is 0 Å². The molecule has 1 N–H and O–H groups in total. The molecule has 0 aliphatic rings. The Balaban J connectivity index is 2.08. The summed E-state index contributed by atoms with van der Waals surface area (Å²) in [7, 11) is 1.69. The predicted molar refractivity (Wildman–Crippen MR) is 88.6 cm³/mol. The quantitative estimate of drug-likeness (QED) is 0.830. The molecule has 5 heteroatoms. The van der Waals surface area contributed by atoms with Crippen molar-refractivity contribution in [3.05, 3.63) is 46.5 Å². The molecule has 0 saturated carbocycles. The van der Waals surface area contributed by atoms with E-state index in [0.29, 0.717) is 5.92 Å². The van der Waals surface area contributed by atoms with E-state index < -0.39 is 0 Å². The van der Waals surface area contributed by atoms with Gasteiger partial charge in [0.25, 0.3) is 0 Å². The van der Waals surface area contributed by atoms with Gasteiger partial charge in [-0.3, -0.25) is 0 Å². The number of methoxy groups -OCH3 is 1. The highest BCUT2D eigenvalue weighted by Gasteiger charge is 2.07. The van der Waals surface area contributed by atoms with Crippen LogP contribution in [0.1, 0.15) is 25.2 Å². The Hall–Kier alpha value is -1.33. The number of rotatable bonds is 7. The minimum absolute atomic E-state index is 0.640. The Bertz CT molecular complexity index is 581. The van der Waals surface area contributed by atoms with Crippen molar-refractivity contribution in [3.8, 4) is 5.75 Å². The zero-order chi connectivity index (χ0) is 15.2. The summed E-state index contributed by atoms with van der Waals surface area (Å²) >= 11 is 3.60. The molecule has 0 fully saturated rings. The molecule has 0 saturated heterocycles. The minimum Gasteiger partial charge on any atom is -0.497 e. The SMILES string of the molecule is COc1ccc(Br)c(Cn2ccnc2CNCC(C)C)c1. The highest BCUT2D eigenvalue weighted by Crippen LogP contribution is 2.23. The topological polar surface area (TPSA) is 39.1 Å². The second-order valence-electron chi connectivity index (χ2n) is 5.45. The van der Waals surface area contributed by atoms with Crippen molar-refractivity contribution in [1.82, 2.24) is 14.9 Å². The third kappa shape index (κ3) is 4.58. The molecule has 0 amide bonds. The van der Waals surface area contributed by atoms with Crippen molar-refractivity contribution in [2.75, 3.05) is 13.7 Å². The van der Waals surface area contributed by atoms with Crippen LogP contribution in [-0.4, -0.2) is 23.2 Å². The fraction of sp³-hybridized carbons (Fsp3) is 0.438. The Morgan fingerprint density at radius 1 is 1.38 bits per heavy atom. The summed E-state index contributed by atoms with van der Waals surface area (Å²) in [6.07, 6.45) is 3.86. The number of hydrogen-bond acceptors (Lipinski definition) is 3. The summed E-state index contributed by atoms with van der Waals surface area (Å²) in [5.74, 6) is 2.55. The van der Waals surface area contributed by atoms with Crippen LogP contribution in [0.25, 0.3) is 0 Å². The maximum Gasteiger partial charge on any atom is 0.122 e. The monoisotopic (exact) mass is 351 g/mol. The van der Waals surface area contributed by atoms with E-state index in [1.807, 2.05) is 24.5 Å². The summed E-state index contributed by atoms with van der Waals surface area (Å²) in [5, 5.41) is 3.43. The molecule has 0 aliphatic heterocycles. The number of hydrogen-bond donors (Lipinski definition) is 1. The van der Waals surface area contributed by atoms with Crippen LogP contribution in [0, 0.1) is 5.92 Å². The molecule has 114 valence electrons. The number of halogens is 1. The smallest absolute Gasteiger partial charge is 0.122 e. The second-order valence-corrected chi connectivity index (χ2v) is 6.31. The molecule has 0 bridgehead atoms. The minimum atomic E-state index is 0.640. The fourth-order valence-corrected chi connectivity index (χ4v) is 2.48. The van der Waals surface area contributed by atoms with Crippen LogP contribution in [0.5, 0.6) is 5.75 Å². The van der Waals surface area contributed by atoms with Crippen LogP contribution >= 0.6 is 15.9 Å². The van der Waals surface area contributed by atoms with Gasteiger partial charge in [-0.1, -0.05) is 29.8 Å². The van der Waals surface area contributed by atoms with E-state index in [9.17, 15) is 0 Å². The Morgan fingerprint density at radius 3 is 2.90 bits per heavy atom. The van der Waals surface area contributed by atoms with Gasteiger partial charge < -0.3 is 14.6 Å². The van der Waals surface area contributed by atoms with Crippen LogP contribution in [0.15, 0.2) is 35.1 Å². The van der Waals surface area contributed by atoms with E-state index in [0.717, 1.165) is 35.7 Å². The lowest BCUT2D eigenvalue weighted by molar-refractivity contribution is 0.414. The second kappa shape index (κ2) is 7.61. The van der Waals surface area contributed by atoms with E-state index in [1.165, 1.54) is 5.56 Å². The van der Waals surface area contributed by atoms with E-state index in [1.54, 1.807) is 7.11 Å². The Labute approximate surface area is 134 Å². The summed E-state index contributed by atoms with van der Waals surface area (Å²) in [6, 6.07) is 6.02. The number of benzene rings is 1. The number of ether oxygens (including phenoxy) is 1. The first-order chi connectivity index (χ1) is 10.1. The molecule has 2 rings (SSSR count). The molecule has 0 aliphatic carbocycles. The lowest BCUT2D eigenvalue weighted by Crippen LogP contribution is -2.21. The third-order valence-corrected chi connectivity index (χ3v) is 4.00. The Morgan fingerprint density at radius 2 is 2.19 bits per heavy atom. The van der Waals surface area contributed by atoms with Crippen molar-refractivity contribution >= 4 is 15.9 Å². The van der Waals surface area contributed by atoms with E-state index >= 15 is 0 Å². The van der Waals surface area contributed by atoms with Crippen LogP contribution in [0.3, 0.4) is 0 Å². The molecule has 0 spiro atoms. The molecular formula is C16H22BrN3O. The van der Waals surface area contributed by atoms with E-state index in [4.69, 9.17) is 4.74 Å². The van der Waals surface area contributed by atoms with Gasteiger partial charge in [-0.2, -0.15) is 0 Å². The summed E-state index contributed by atoms with van der Waals surface area (Å²) < 4.78 is 8.53. The molecule has 4 nitrogen and oxygen atoms in total. The Kier molecular flexibility index (Phi) is 5.82. The van der Waals surface area contributed by atoms with Crippen molar-refractivity contribution in [2.45, 2.75) is 26.9 Å². The molecule has 1 heterocycles. The van der Waals surface area contributed by atoms with Gasteiger partial charge >= 0.3 is 0 Å². The first-order valence-electron chi connectivity index (χ1n) is 7.13. The maximum absolute atomic E-state index is 5.29. The zero-order valence-corrected chi connectivity index (χ0v) is 14.4. The van der Waals surface area contributed by atoms with Gasteiger partial charge in [-0.15, -0.1) is 0 Å². The van der Waals surface area contributed by atoms with Crippen LogP contribution in [0.2, 0.25) is 0 Å². The lowest BCUT2D eigenvalue weighted by Gasteiger charge is -2.12. The normalized spacial score (nSPS) is 11.1. The summed E-state index contributed by atoms with van der Waals surface area (Å²) in [5.41, 5.74) is 1.18. The molecule has 1 aromatic heterocycles. The van der Waals surface area contributed by atoms with E-state index in [2.05, 4.69) is 50.7 Å². The molecule has 21 heavy (non-hydrogen) atoms. The lowest BCUT2D eigenvalue weighted by atomic mass is 10.2. The molecule has 2 aromatic rings. The average molecular weight is 352 g/mol. The average Bonchev–Trinajstić information content (AvgIpc) is 2.88.